The number of rotatable bonds is 3. The molecule has 25 heavy (non-hydrogen) atoms. The fraction of sp³-hybridized carbons (Fsp3) is 0.263. The van der Waals surface area contributed by atoms with E-state index in [0.29, 0.717) is 13.1 Å². The first-order chi connectivity index (χ1) is 12.1. The predicted octanol–water partition coefficient (Wildman–Crippen LogP) is 2.51. The lowest BCUT2D eigenvalue weighted by Gasteiger charge is -2.28. The van der Waals surface area contributed by atoms with E-state index in [2.05, 4.69) is 0 Å². The van der Waals surface area contributed by atoms with Gasteiger partial charge in [-0.3, -0.25) is 4.79 Å². The van der Waals surface area contributed by atoms with Crippen LogP contribution in [0.5, 0.6) is 5.75 Å². The lowest BCUT2D eigenvalue weighted by molar-refractivity contribution is -0.121. The number of anilines is 1. The topological polar surface area (TPSA) is 72.9 Å². The highest BCUT2D eigenvalue weighted by Crippen LogP contribution is 2.37. The molecule has 0 saturated carbocycles. The van der Waals surface area contributed by atoms with Crippen LogP contribution in [-0.2, 0) is 11.3 Å². The monoisotopic (exact) mass is 336 g/mol. The molecule has 0 saturated heterocycles. The minimum absolute atomic E-state index is 0.0305. The predicted molar refractivity (Wildman–Crippen MR) is 96.8 cm³/mol. The Morgan fingerprint density at radius 2 is 2.16 bits per heavy atom. The molecule has 0 radical (unpaired) electrons. The molecule has 2 aromatic heterocycles. The van der Waals surface area contributed by atoms with Gasteiger partial charge in [-0.25, -0.2) is 4.98 Å². The normalized spacial score (nSPS) is 13.9. The first kappa shape index (κ1) is 15.7. The number of carbonyl (C=O) groups excluding carboxylic acids is 1. The van der Waals surface area contributed by atoms with E-state index in [1.807, 2.05) is 54.8 Å². The maximum Gasteiger partial charge on any atom is 0.265 e. The number of pyridine rings is 1. The summed E-state index contributed by atoms with van der Waals surface area (Å²) in [5.41, 5.74) is 11.5. The average Bonchev–Trinajstić information content (AvgIpc) is 3.01. The van der Waals surface area contributed by atoms with Gasteiger partial charge in [0, 0.05) is 24.8 Å². The highest BCUT2D eigenvalue weighted by atomic mass is 16.5. The summed E-state index contributed by atoms with van der Waals surface area (Å²) >= 11 is 0. The van der Waals surface area contributed by atoms with Gasteiger partial charge in [0.2, 0.25) is 0 Å². The molecule has 1 aliphatic rings. The number of nitrogens with zero attached hydrogens (tertiary/aromatic N) is 3. The van der Waals surface area contributed by atoms with Crippen molar-refractivity contribution in [2.45, 2.75) is 20.4 Å². The Balaban J connectivity index is 1.91. The third-order valence-corrected chi connectivity index (χ3v) is 4.63. The number of likely N-dealkylation sites (N-methyl/N-ethyl adjacent to an activating group) is 1. The van der Waals surface area contributed by atoms with Gasteiger partial charge < -0.3 is 19.8 Å². The van der Waals surface area contributed by atoms with Crippen LogP contribution in [0.25, 0.3) is 16.9 Å². The van der Waals surface area contributed by atoms with Gasteiger partial charge in [-0.05, 0) is 43.7 Å². The number of imidazole rings is 1. The van der Waals surface area contributed by atoms with E-state index in [-0.39, 0.29) is 12.5 Å². The quantitative estimate of drug-likeness (QED) is 0.798. The molecule has 1 aromatic carbocycles. The molecule has 0 unspecified atom stereocenters. The van der Waals surface area contributed by atoms with E-state index < -0.39 is 0 Å². The lowest BCUT2D eigenvalue weighted by Crippen LogP contribution is -2.38. The minimum atomic E-state index is -0.0305. The number of ether oxygens (including phenoxy) is 1. The van der Waals surface area contributed by atoms with Crippen molar-refractivity contribution in [1.29, 1.82) is 0 Å². The van der Waals surface area contributed by atoms with Gasteiger partial charge in [-0.1, -0.05) is 6.07 Å². The fourth-order valence-electron chi connectivity index (χ4n) is 3.38. The number of hydrogen-bond acceptors (Lipinski definition) is 4. The summed E-state index contributed by atoms with van der Waals surface area (Å²) in [7, 11) is 0. The number of benzene rings is 1. The van der Waals surface area contributed by atoms with E-state index in [1.54, 1.807) is 4.90 Å². The van der Waals surface area contributed by atoms with Gasteiger partial charge in [0.05, 0.1) is 17.1 Å². The van der Waals surface area contributed by atoms with Crippen LogP contribution in [0.2, 0.25) is 0 Å². The summed E-state index contributed by atoms with van der Waals surface area (Å²) in [6.07, 6.45) is 1.98. The number of aromatic nitrogens is 2. The van der Waals surface area contributed by atoms with Crippen molar-refractivity contribution in [3.63, 3.8) is 0 Å². The molecular formula is C19H20N4O2. The standard InChI is InChI=1S/C19H20N4O2/c1-3-22-14-9-13(6-7-16(14)25-11-17(22)24)18-15(10-20)23-8-4-5-12(2)19(23)21-18/h4-9H,3,10-11,20H2,1-2H3. The zero-order valence-electron chi connectivity index (χ0n) is 14.3. The molecule has 0 spiro atoms. The van der Waals surface area contributed by atoms with Gasteiger partial charge in [-0.2, -0.15) is 0 Å². The molecule has 6 heteroatoms. The summed E-state index contributed by atoms with van der Waals surface area (Å²) in [4.78, 5) is 18.7. The summed E-state index contributed by atoms with van der Waals surface area (Å²) in [6.45, 7) is 5.06. The van der Waals surface area contributed by atoms with Crippen molar-refractivity contribution < 1.29 is 9.53 Å². The molecule has 128 valence electrons. The molecule has 1 aliphatic heterocycles. The van der Waals surface area contributed by atoms with E-state index in [4.69, 9.17) is 15.5 Å². The maximum absolute atomic E-state index is 12.1. The number of aryl methyl sites for hydroxylation is 1. The van der Waals surface area contributed by atoms with Crippen LogP contribution >= 0.6 is 0 Å². The molecular weight excluding hydrogens is 316 g/mol. The number of fused-ring (bicyclic) bond motifs is 2. The Hall–Kier alpha value is -2.86. The van der Waals surface area contributed by atoms with Crippen molar-refractivity contribution in [1.82, 2.24) is 9.38 Å². The lowest BCUT2D eigenvalue weighted by atomic mass is 10.1. The van der Waals surface area contributed by atoms with Crippen molar-refractivity contribution in [3.05, 3.63) is 47.8 Å². The van der Waals surface area contributed by atoms with Crippen LogP contribution < -0.4 is 15.4 Å². The zero-order valence-corrected chi connectivity index (χ0v) is 14.3. The molecule has 0 atom stereocenters. The summed E-state index contributed by atoms with van der Waals surface area (Å²) in [5.74, 6) is 0.691. The van der Waals surface area contributed by atoms with Gasteiger partial charge in [-0.15, -0.1) is 0 Å². The van der Waals surface area contributed by atoms with Crippen LogP contribution in [-0.4, -0.2) is 28.4 Å². The smallest absolute Gasteiger partial charge is 0.265 e. The number of nitrogens with two attached hydrogens (primary N) is 1. The first-order valence-electron chi connectivity index (χ1n) is 8.38. The molecule has 6 nitrogen and oxygen atoms in total. The Labute approximate surface area is 145 Å². The molecule has 0 aliphatic carbocycles. The van der Waals surface area contributed by atoms with Gasteiger partial charge in [0.15, 0.2) is 6.61 Å². The summed E-state index contributed by atoms with van der Waals surface area (Å²) < 4.78 is 7.58. The van der Waals surface area contributed by atoms with Crippen molar-refractivity contribution >= 4 is 17.2 Å². The Kier molecular flexibility index (Phi) is 3.69. The highest BCUT2D eigenvalue weighted by molar-refractivity contribution is 5.98. The van der Waals surface area contributed by atoms with Crippen LogP contribution in [0.4, 0.5) is 5.69 Å². The van der Waals surface area contributed by atoms with Gasteiger partial charge in [0.25, 0.3) is 5.91 Å². The largest absolute Gasteiger partial charge is 0.482 e. The molecule has 2 N–H and O–H groups in total. The highest BCUT2D eigenvalue weighted by Gasteiger charge is 2.25. The molecule has 3 aromatic rings. The van der Waals surface area contributed by atoms with Crippen molar-refractivity contribution in [2.24, 2.45) is 5.73 Å². The summed E-state index contributed by atoms with van der Waals surface area (Å²) in [5, 5.41) is 0. The van der Waals surface area contributed by atoms with E-state index >= 15 is 0 Å². The molecule has 0 fully saturated rings. The van der Waals surface area contributed by atoms with E-state index in [0.717, 1.165) is 39.6 Å². The number of hydrogen-bond donors (Lipinski definition) is 1. The van der Waals surface area contributed by atoms with Crippen LogP contribution in [0.15, 0.2) is 36.5 Å². The number of amides is 1. The summed E-state index contributed by atoms with van der Waals surface area (Å²) in [6, 6.07) is 9.86. The average molecular weight is 336 g/mol. The van der Waals surface area contributed by atoms with E-state index in [1.165, 1.54) is 0 Å². The molecule has 0 bridgehead atoms. The maximum atomic E-state index is 12.1. The first-order valence-corrected chi connectivity index (χ1v) is 8.38. The Morgan fingerprint density at radius 3 is 2.92 bits per heavy atom. The van der Waals surface area contributed by atoms with E-state index in [9.17, 15) is 4.79 Å². The second kappa shape index (κ2) is 5.89. The second-order valence-electron chi connectivity index (χ2n) is 6.11. The second-order valence-corrected chi connectivity index (χ2v) is 6.11. The van der Waals surface area contributed by atoms with Crippen molar-refractivity contribution in [3.8, 4) is 17.0 Å². The Morgan fingerprint density at radius 1 is 1.32 bits per heavy atom. The molecule has 1 amide bonds. The molecule has 4 rings (SSSR count). The van der Waals surface area contributed by atoms with Gasteiger partial charge >= 0.3 is 0 Å². The zero-order chi connectivity index (χ0) is 17.6. The third kappa shape index (κ3) is 2.37. The third-order valence-electron chi connectivity index (χ3n) is 4.63. The number of carbonyl (C=O) groups is 1. The minimum Gasteiger partial charge on any atom is -0.482 e. The SMILES string of the molecule is CCN1C(=O)COc2ccc(-c3nc4c(C)cccn4c3CN)cc21. The fourth-order valence-corrected chi connectivity index (χ4v) is 3.38. The van der Waals surface area contributed by atoms with Crippen LogP contribution in [0, 0.1) is 6.92 Å². The Bertz CT molecular complexity index is 977. The van der Waals surface area contributed by atoms with Crippen LogP contribution in [0.1, 0.15) is 18.2 Å². The van der Waals surface area contributed by atoms with Crippen LogP contribution in [0.3, 0.4) is 0 Å². The molecule has 3 heterocycles. The van der Waals surface area contributed by atoms with Gasteiger partial charge in [0.1, 0.15) is 11.4 Å². The van der Waals surface area contributed by atoms with Crippen molar-refractivity contribution in [2.75, 3.05) is 18.1 Å².